The van der Waals surface area contributed by atoms with Crippen molar-refractivity contribution in [2.24, 2.45) is 5.73 Å². The van der Waals surface area contributed by atoms with E-state index < -0.39 is 17.4 Å². The largest absolute Gasteiger partial charge is 0.480 e. The summed E-state index contributed by atoms with van der Waals surface area (Å²) in [4.78, 5) is 24.5. The van der Waals surface area contributed by atoms with E-state index in [9.17, 15) is 14.7 Å². The van der Waals surface area contributed by atoms with Crippen molar-refractivity contribution in [1.82, 2.24) is 0 Å². The lowest BCUT2D eigenvalue weighted by molar-refractivity contribution is -0.142. The van der Waals surface area contributed by atoms with Crippen LogP contribution < -0.4 is 10.6 Å². The molecule has 0 saturated heterocycles. The third-order valence-electron chi connectivity index (χ3n) is 3.03. The molecular weight excluding hydrogens is 312 g/mol. The van der Waals surface area contributed by atoms with E-state index in [4.69, 9.17) is 5.73 Å². The first-order valence-electron chi connectivity index (χ1n) is 5.82. The summed E-state index contributed by atoms with van der Waals surface area (Å²) in [6.07, 6.45) is 0. The number of hydrogen-bond donors (Lipinski definition) is 2. The third kappa shape index (κ3) is 3.07. The Morgan fingerprint density at radius 2 is 2.00 bits per heavy atom. The number of nitrogens with zero attached hydrogens (tertiary/aromatic N) is 1. The Bertz CT molecular complexity index is 515. The molecule has 0 aliphatic heterocycles. The van der Waals surface area contributed by atoms with Crippen molar-refractivity contribution in [2.45, 2.75) is 26.3 Å². The highest BCUT2D eigenvalue weighted by molar-refractivity contribution is 9.10. The lowest BCUT2D eigenvalue weighted by Gasteiger charge is -2.37. The summed E-state index contributed by atoms with van der Waals surface area (Å²) in [5.74, 6) is -1.55. The molecule has 1 aromatic carbocycles. The molecule has 1 aromatic rings. The Labute approximate surface area is 120 Å². The van der Waals surface area contributed by atoms with Gasteiger partial charge in [0, 0.05) is 11.0 Å². The van der Waals surface area contributed by atoms with Crippen molar-refractivity contribution in [1.29, 1.82) is 0 Å². The van der Waals surface area contributed by atoms with Crippen LogP contribution in [0.3, 0.4) is 0 Å². The third-order valence-corrected chi connectivity index (χ3v) is 3.52. The molecule has 3 N–H and O–H groups in total. The fourth-order valence-corrected chi connectivity index (χ4v) is 2.27. The summed E-state index contributed by atoms with van der Waals surface area (Å²) < 4.78 is 0.757. The predicted octanol–water partition coefficient (Wildman–Crippen LogP) is 2.24. The minimum absolute atomic E-state index is 0.305. The second-order valence-electron chi connectivity index (χ2n) is 4.63. The van der Waals surface area contributed by atoms with Gasteiger partial charge in [-0.15, -0.1) is 0 Å². The number of benzene rings is 1. The van der Waals surface area contributed by atoms with E-state index in [1.54, 1.807) is 36.9 Å². The molecule has 0 saturated carbocycles. The zero-order chi connectivity index (χ0) is 14.8. The number of anilines is 1. The van der Waals surface area contributed by atoms with E-state index in [1.165, 1.54) is 0 Å². The van der Waals surface area contributed by atoms with Gasteiger partial charge in [-0.2, -0.15) is 0 Å². The maximum atomic E-state index is 11.5. The van der Waals surface area contributed by atoms with Gasteiger partial charge < -0.3 is 15.7 Å². The molecule has 0 unspecified atom stereocenters. The standard InChI is InChI=1S/C13H17BrN2O3/c1-4-16(13(2,3)12(18)19)10-7-8(14)5-6-9(10)11(15)17/h5-7H,4H2,1-3H3,(H2,15,17)(H,18,19). The Balaban J connectivity index is 3.44. The molecule has 0 aromatic heterocycles. The lowest BCUT2D eigenvalue weighted by Crippen LogP contribution is -2.51. The van der Waals surface area contributed by atoms with Gasteiger partial charge in [-0.25, -0.2) is 4.79 Å². The number of amides is 1. The van der Waals surface area contributed by atoms with Crippen molar-refractivity contribution in [3.63, 3.8) is 0 Å². The van der Waals surface area contributed by atoms with E-state index in [0.29, 0.717) is 17.8 Å². The Hall–Kier alpha value is -1.56. The van der Waals surface area contributed by atoms with Gasteiger partial charge in [-0.1, -0.05) is 15.9 Å². The fraction of sp³-hybridized carbons (Fsp3) is 0.385. The van der Waals surface area contributed by atoms with Gasteiger partial charge in [0.15, 0.2) is 0 Å². The number of nitrogens with two attached hydrogens (primary N) is 1. The molecule has 5 nitrogen and oxygen atoms in total. The second-order valence-corrected chi connectivity index (χ2v) is 5.55. The first-order valence-corrected chi connectivity index (χ1v) is 6.61. The van der Waals surface area contributed by atoms with Crippen LogP contribution in [0.4, 0.5) is 5.69 Å². The maximum absolute atomic E-state index is 11.5. The van der Waals surface area contributed by atoms with Crippen LogP contribution in [-0.2, 0) is 4.79 Å². The molecule has 1 amide bonds. The summed E-state index contributed by atoms with van der Waals surface area (Å²) in [6.45, 7) is 5.45. The van der Waals surface area contributed by atoms with Crippen molar-refractivity contribution in [3.05, 3.63) is 28.2 Å². The van der Waals surface area contributed by atoms with Crippen molar-refractivity contribution in [2.75, 3.05) is 11.4 Å². The van der Waals surface area contributed by atoms with Crippen LogP contribution in [0.1, 0.15) is 31.1 Å². The fourth-order valence-electron chi connectivity index (χ4n) is 1.92. The molecule has 0 aliphatic rings. The topological polar surface area (TPSA) is 83.6 Å². The quantitative estimate of drug-likeness (QED) is 0.868. The molecule has 0 heterocycles. The van der Waals surface area contributed by atoms with E-state index in [2.05, 4.69) is 15.9 Å². The van der Waals surface area contributed by atoms with Crippen LogP contribution in [0.15, 0.2) is 22.7 Å². The molecule has 6 heteroatoms. The van der Waals surface area contributed by atoms with E-state index in [0.717, 1.165) is 4.47 Å². The molecule has 0 spiro atoms. The summed E-state index contributed by atoms with van der Waals surface area (Å²) in [5, 5.41) is 9.33. The number of aliphatic carboxylic acids is 1. The molecule has 104 valence electrons. The van der Waals surface area contributed by atoms with Crippen molar-refractivity contribution < 1.29 is 14.7 Å². The van der Waals surface area contributed by atoms with E-state index in [1.807, 2.05) is 6.92 Å². The van der Waals surface area contributed by atoms with Gasteiger partial charge in [-0.3, -0.25) is 4.79 Å². The number of primary amides is 1. The van der Waals surface area contributed by atoms with Crippen LogP contribution in [0.25, 0.3) is 0 Å². The molecule has 0 aliphatic carbocycles. The Morgan fingerprint density at radius 1 is 1.42 bits per heavy atom. The van der Waals surface area contributed by atoms with Gasteiger partial charge >= 0.3 is 5.97 Å². The van der Waals surface area contributed by atoms with Gasteiger partial charge in [0.1, 0.15) is 5.54 Å². The number of carboxylic acids is 1. The molecule has 1 rings (SSSR count). The number of likely N-dealkylation sites (N-methyl/N-ethyl adjacent to an activating group) is 1. The zero-order valence-corrected chi connectivity index (χ0v) is 12.7. The monoisotopic (exact) mass is 328 g/mol. The maximum Gasteiger partial charge on any atom is 0.328 e. The normalized spacial score (nSPS) is 11.2. The Morgan fingerprint density at radius 3 is 2.42 bits per heavy atom. The zero-order valence-electron chi connectivity index (χ0n) is 11.1. The number of carbonyl (C=O) groups excluding carboxylic acids is 1. The van der Waals surface area contributed by atoms with Crippen LogP contribution >= 0.6 is 15.9 Å². The number of carboxylic acid groups (broad SMARTS) is 1. The smallest absolute Gasteiger partial charge is 0.328 e. The lowest BCUT2D eigenvalue weighted by atomic mass is 10.00. The number of halogens is 1. The SMILES string of the molecule is CCN(c1cc(Br)ccc1C(N)=O)C(C)(C)C(=O)O. The second kappa shape index (κ2) is 5.61. The van der Waals surface area contributed by atoms with Crippen LogP contribution in [0.5, 0.6) is 0 Å². The minimum Gasteiger partial charge on any atom is -0.480 e. The molecule has 0 radical (unpaired) electrons. The highest BCUT2D eigenvalue weighted by Gasteiger charge is 2.35. The molecule has 0 bridgehead atoms. The molecule has 0 fully saturated rings. The van der Waals surface area contributed by atoms with Crippen LogP contribution in [0.2, 0.25) is 0 Å². The van der Waals surface area contributed by atoms with E-state index >= 15 is 0 Å². The van der Waals surface area contributed by atoms with Crippen LogP contribution in [0, 0.1) is 0 Å². The summed E-state index contributed by atoms with van der Waals surface area (Å²) >= 11 is 3.32. The highest BCUT2D eigenvalue weighted by Crippen LogP contribution is 2.30. The highest BCUT2D eigenvalue weighted by atomic mass is 79.9. The molecule has 19 heavy (non-hydrogen) atoms. The van der Waals surface area contributed by atoms with Gasteiger partial charge in [0.2, 0.25) is 0 Å². The number of carbonyl (C=O) groups is 2. The first-order chi connectivity index (χ1) is 8.71. The average Bonchev–Trinajstić information content (AvgIpc) is 2.28. The Kier molecular flexibility index (Phi) is 4.57. The molecular formula is C13H17BrN2O3. The van der Waals surface area contributed by atoms with Crippen LogP contribution in [-0.4, -0.2) is 29.1 Å². The summed E-state index contributed by atoms with van der Waals surface area (Å²) in [6, 6.07) is 4.99. The number of rotatable bonds is 5. The summed E-state index contributed by atoms with van der Waals surface area (Å²) in [7, 11) is 0. The number of hydrogen-bond acceptors (Lipinski definition) is 3. The first kappa shape index (κ1) is 15.5. The van der Waals surface area contributed by atoms with Gasteiger partial charge in [0.05, 0.1) is 11.3 Å². The predicted molar refractivity (Wildman–Crippen MR) is 77.4 cm³/mol. The average molecular weight is 329 g/mol. The van der Waals surface area contributed by atoms with Crippen molar-refractivity contribution in [3.8, 4) is 0 Å². The summed E-state index contributed by atoms with van der Waals surface area (Å²) in [5.41, 5.74) is 5.02. The molecule has 0 atom stereocenters. The minimum atomic E-state index is -1.14. The van der Waals surface area contributed by atoms with E-state index in [-0.39, 0.29) is 0 Å². The van der Waals surface area contributed by atoms with Gasteiger partial charge in [-0.05, 0) is 39.0 Å². The van der Waals surface area contributed by atoms with Crippen molar-refractivity contribution >= 4 is 33.5 Å². The van der Waals surface area contributed by atoms with Gasteiger partial charge in [0.25, 0.3) is 5.91 Å².